The Kier molecular flexibility index (Phi) is 4.64. The summed E-state index contributed by atoms with van der Waals surface area (Å²) in [6, 6.07) is 2.72. The Morgan fingerprint density at radius 1 is 1.62 bits per heavy atom. The number of amides is 2. The lowest BCUT2D eigenvalue weighted by Gasteiger charge is -2.23. The number of likely N-dealkylation sites (tertiary alicyclic amines) is 1. The van der Waals surface area contributed by atoms with Crippen LogP contribution < -0.4 is 5.32 Å². The first-order chi connectivity index (χ1) is 9.97. The Morgan fingerprint density at radius 3 is 3.00 bits per heavy atom. The van der Waals surface area contributed by atoms with Crippen molar-refractivity contribution in [2.75, 3.05) is 32.1 Å². The summed E-state index contributed by atoms with van der Waals surface area (Å²) in [6.07, 6.45) is 1.83. The van der Waals surface area contributed by atoms with Gasteiger partial charge in [0.15, 0.2) is 0 Å². The summed E-state index contributed by atoms with van der Waals surface area (Å²) in [5, 5.41) is 12.4. The van der Waals surface area contributed by atoms with Gasteiger partial charge in [0.25, 0.3) is 0 Å². The van der Waals surface area contributed by atoms with Crippen molar-refractivity contribution in [3.05, 3.63) is 23.4 Å². The fourth-order valence-corrected chi connectivity index (χ4v) is 2.50. The van der Waals surface area contributed by atoms with Gasteiger partial charge in [-0.2, -0.15) is 0 Å². The first-order valence-corrected chi connectivity index (χ1v) is 6.74. The molecule has 1 aliphatic heterocycles. The van der Waals surface area contributed by atoms with Crippen LogP contribution in [0.2, 0.25) is 5.02 Å². The molecule has 2 N–H and O–H groups in total. The van der Waals surface area contributed by atoms with Crippen molar-refractivity contribution >= 4 is 29.4 Å². The predicted molar refractivity (Wildman–Crippen MR) is 76.4 cm³/mol. The molecule has 2 amide bonds. The van der Waals surface area contributed by atoms with E-state index in [-0.39, 0.29) is 13.2 Å². The van der Waals surface area contributed by atoms with Crippen molar-refractivity contribution in [2.45, 2.75) is 6.42 Å². The SMILES string of the molecule is COCC1(C(=O)O)CCN(C(=O)Nc2cc(Cl)ccn2)C1. The highest BCUT2D eigenvalue weighted by molar-refractivity contribution is 6.30. The molecule has 1 atom stereocenters. The van der Waals surface area contributed by atoms with Crippen LogP contribution >= 0.6 is 11.6 Å². The van der Waals surface area contributed by atoms with Gasteiger partial charge in [0.2, 0.25) is 0 Å². The molecule has 1 fully saturated rings. The number of ether oxygens (including phenoxy) is 1. The second-order valence-corrected chi connectivity index (χ2v) is 5.42. The number of methoxy groups -OCH3 is 1. The molecule has 1 aromatic rings. The van der Waals surface area contributed by atoms with Gasteiger partial charge in [0.05, 0.1) is 6.61 Å². The van der Waals surface area contributed by atoms with Gasteiger partial charge >= 0.3 is 12.0 Å². The molecule has 7 nitrogen and oxygen atoms in total. The molecule has 0 radical (unpaired) electrons. The van der Waals surface area contributed by atoms with Crippen LogP contribution in [0, 0.1) is 5.41 Å². The monoisotopic (exact) mass is 313 g/mol. The normalized spacial score (nSPS) is 21.3. The summed E-state index contributed by atoms with van der Waals surface area (Å²) >= 11 is 5.82. The molecule has 0 saturated carbocycles. The molecule has 1 aliphatic rings. The van der Waals surface area contributed by atoms with Gasteiger partial charge in [-0.05, 0) is 18.6 Å². The molecule has 114 valence electrons. The van der Waals surface area contributed by atoms with Gasteiger partial charge in [0, 0.05) is 31.4 Å². The number of carboxylic acid groups (broad SMARTS) is 1. The zero-order valence-corrected chi connectivity index (χ0v) is 12.3. The van der Waals surface area contributed by atoms with Crippen molar-refractivity contribution in [3.63, 3.8) is 0 Å². The molecule has 8 heteroatoms. The second kappa shape index (κ2) is 6.28. The van der Waals surface area contributed by atoms with Crippen LogP contribution in [0.25, 0.3) is 0 Å². The summed E-state index contributed by atoms with van der Waals surface area (Å²) in [7, 11) is 1.45. The van der Waals surface area contributed by atoms with Crippen LogP contribution in [0.4, 0.5) is 10.6 Å². The van der Waals surface area contributed by atoms with E-state index in [1.807, 2.05) is 0 Å². The Labute approximate surface area is 126 Å². The first kappa shape index (κ1) is 15.5. The van der Waals surface area contributed by atoms with Gasteiger partial charge in [-0.3, -0.25) is 10.1 Å². The average molecular weight is 314 g/mol. The second-order valence-electron chi connectivity index (χ2n) is 4.98. The average Bonchev–Trinajstić information content (AvgIpc) is 2.85. The van der Waals surface area contributed by atoms with Crippen molar-refractivity contribution < 1.29 is 19.4 Å². The summed E-state index contributed by atoms with van der Waals surface area (Å²) in [5.74, 6) is -0.632. The van der Waals surface area contributed by atoms with E-state index >= 15 is 0 Å². The highest BCUT2D eigenvalue weighted by Gasteiger charge is 2.46. The van der Waals surface area contributed by atoms with Crippen LogP contribution in [0.3, 0.4) is 0 Å². The van der Waals surface area contributed by atoms with E-state index in [4.69, 9.17) is 16.3 Å². The standard InChI is InChI=1S/C13H16ClN3O4/c1-21-8-13(11(18)19)3-5-17(7-13)12(20)16-10-6-9(14)2-4-15-10/h2,4,6H,3,5,7-8H2,1H3,(H,18,19)(H,15,16,20). The molecule has 2 heterocycles. The van der Waals surface area contributed by atoms with Crippen LogP contribution in [-0.2, 0) is 9.53 Å². The third-order valence-corrected chi connectivity index (χ3v) is 3.71. The van der Waals surface area contributed by atoms with Crippen LogP contribution in [-0.4, -0.2) is 53.8 Å². The number of carbonyl (C=O) groups excluding carboxylic acids is 1. The fraction of sp³-hybridized carbons (Fsp3) is 0.462. The van der Waals surface area contributed by atoms with Gasteiger partial charge < -0.3 is 14.7 Å². The first-order valence-electron chi connectivity index (χ1n) is 6.37. The number of nitrogens with zero attached hydrogens (tertiary/aromatic N) is 2. The minimum absolute atomic E-state index is 0.0710. The zero-order chi connectivity index (χ0) is 15.5. The van der Waals surface area contributed by atoms with Crippen LogP contribution in [0.1, 0.15) is 6.42 Å². The maximum atomic E-state index is 12.1. The number of rotatable bonds is 4. The summed E-state index contributed by atoms with van der Waals surface area (Å²) < 4.78 is 4.98. The number of hydrogen-bond donors (Lipinski definition) is 2. The number of pyridine rings is 1. The molecule has 1 saturated heterocycles. The number of carboxylic acids is 1. The molecule has 1 aromatic heterocycles. The van der Waals surface area contributed by atoms with E-state index in [0.717, 1.165) is 0 Å². The van der Waals surface area contributed by atoms with Crippen molar-refractivity contribution in [3.8, 4) is 0 Å². The summed E-state index contributed by atoms with van der Waals surface area (Å²) in [4.78, 5) is 29.0. The van der Waals surface area contributed by atoms with E-state index in [9.17, 15) is 14.7 Å². The summed E-state index contributed by atoms with van der Waals surface area (Å²) in [5.41, 5.74) is -1.05. The van der Waals surface area contributed by atoms with E-state index in [1.165, 1.54) is 24.3 Å². The lowest BCUT2D eigenvalue weighted by atomic mass is 9.88. The Bertz CT molecular complexity index is 554. The lowest BCUT2D eigenvalue weighted by molar-refractivity contribution is -0.151. The van der Waals surface area contributed by atoms with Crippen LogP contribution in [0.15, 0.2) is 18.3 Å². The smallest absolute Gasteiger partial charge is 0.323 e. The van der Waals surface area contributed by atoms with Gasteiger partial charge in [0.1, 0.15) is 11.2 Å². The molecule has 1 unspecified atom stereocenters. The van der Waals surface area contributed by atoms with Crippen molar-refractivity contribution in [1.82, 2.24) is 9.88 Å². The van der Waals surface area contributed by atoms with Gasteiger partial charge in [-0.1, -0.05) is 11.6 Å². The minimum atomic E-state index is -1.05. The number of aliphatic carboxylic acids is 1. The molecular formula is C13H16ClN3O4. The third kappa shape index (κ3) is 3.43. The topological polar surface area (TPSA) is 91.8 Å². The quantitative estimate of drug-likeness (QED) is 0.882. The molecule has 2 rings (SSSR count). The molecule has 0 aromatic carbocycles. The molecule has 0 aliphatic carbocycles. The third-order valence-electron chi connectivity index (χ3n) is 3.47. The lowest BCUT2D eigenvalue weighted by Crippen LogP contribution is -2.41. The zero-order valence-electron chi connectivity index (χ0n) is 11.5. The largest absolute Gasteiger partial charge is 0.481 e. The molecular weight excluding hydrogens is 298 g/mol. The number of nitrogens with one attached hydrogen (secondary N) is 1. The Morgan fingerprint density at radius 2 is 2.38 bits per heavy atom. The van der Waals surface area contributed by atoms with E-state index < -0.39 is 17.4 Å². The minimum Gasteiger partial charge on any atom is -0.481 e. The summed E-state index contributed by atoms with van der Waals surface area (Å²) in [6.45, 7) is 0.520. The predicted octanol–water partition coefficient (Wildman–Crippen LogP) is 1.69. The van der Waals surface area contributed by atoms with Crippen LogP contribution in [0.5, 0.6) is 0 Å². The van der Waals surface area contributed by atoms with Crippen molar-refractivity contribution in [1.29, 1.82) is 0 Å². The maximum Gasteiger partial charge on any atom is 0.323 e. The number of aromatic nitrogens is 1. The van der Waals surface area contributed by atoms with Gasteiger partial charge in [-0.25, -0.2) is 9.78 Å². The number of urea groups is 1. The maximum absolute atomic E-state index is 12.1. The van der Waals surface area contributed by atoms with Gasteiger partial charge in [-0.15, -0.1) is 0 Å². The number of halogens is 1. The highest BCUT2D eigenvalue weighted by atomic mass is 35.5. The molecule has 21 heavy (non-hydrogen) atoms. The Hall–Kier alpha value is -1.86. The van der Waals surface area contributed by atoms with Crippen molar-refractivity contribution in [2.24, 2.45) is 5.41 Å². The number of carbonyl (C=O) groups is 2. The van der Waals surface area contributed by atoms with E-state index in [0.29, 0.717) is 23.8 Å². The van der Waals surface area contributed by atoms with E-state index in [2.05, 4.69) is 10.3 Å². The number of hydrogen-bond acceptors (Lipinski definition) is 4. The fourth-order valence-electron chi connectivity index (χ4n) is 2.34. The number of anilines is 1. The highest BCUT2D eigenvalue weighted by Crippen LogP contribution is 2.31. The molecule has 0 spiro atoms. The van der Waals surface area contributed by atoms with E-state index in [1.54, 1.807) is 6.07 Å². The Balaban J connectivity index is 2.03. The molecule has 0 bridgehead atoms.